The molecule has 0 saturated heterocycles. The molecule has 1 heterocycles. The summed E-state index contributed by atoms with van der Waals surface area (Å²) in [6.07, 6.45) is 2.57. The maximum absolute atomic E-state index is 9.16. The number of aryl methyl sites for hydroxylation is 1. The molecule has 0 unspecified atom stereocenters. The van der Waals surface area contributed by atoms with Gasteiger partial charge in [-0.15, -0.1) is 0 Å². The van der Waals surface area contributed by atoms with E-state index in [1.165, 1.54) is 0 Å². The Hall–Kier alpha value is -1.10. The zero-order chi connectivity index (χ0) is 12.3. The lowest BCUT2D eigenvalue weighted by Crippen LogP contribution is -2.05. The number of aliphatic hydroxyl groups is 1. The van der Waals surface area contributed by atoms with Crippen LogP contribution in [0.1, 0.15) is 11.3 Å². The van der Waals surface area contributed by atoms with Crippen LogP contribution in [0, 0.1) is 4.77 Å². The lowest BCUT2D eigenvalue weighted by atomic mass is 10.1. The molecule has 5 heteroatoms. The number of benzene rings is 1. The highest BCUT2D eigenvalue weighted by Gasteiger charge is 2.03. The fourth-order valence-electron chi connectivity index (χ4n) is 1.74. The zero-order valence-corrected chi connectivity index (χ0v) is 10.8. The first kappa shape index (κ1) is 12.4. The van der Waals surface area contributed by atoms with Crippen molar-refractivity contribution in [1.29, 1.82) is 0 Å². The normalized spacial score (nSPS) is 10.7. The molecule has 0 aliphatic rings. The van der Waals surface area contributed by atoms with Gasteiger partial charge in [0.05, 0.1) is 12.3 Å². The van der Waals surface area contributed by atoms with Crippen molar-refractivity contribution in [1.82, 2.24) is 9.55 Å². The number of imidazole rings is 1. The topological polar surface area (TPSA) is 40.9 Å². The second-order valence-electron chi connectivity index (χ2n) is 3.77. The molecule has 0 bridgehead atoms. The Kier molecular flexibility index (Phi) is 3.99. The van der Waals surface area contributed by atoms with Crippen molar-refractivity contribution < 1.29 is 5.11 Å². The minimum atomic E-state index is -0.0112. The van der Waals surface area contributed by atoms with Gasteiger partial charge in [0.2, 0.25) is 0 Å². The Labute approximate surface area is 110 Å². The summed E-state index contributed by atoms with van der Waals surface area (Å²) < 4.78 is 2.53. The van der Waals surface area contributed by atoms with Gasteiger partial charge in [-0.3, -0.25) is 0 Å². The first-order valence-electron chi connectivity index (χ1n) is 5.33. The second kappa shape index (κ2) is 5.49. The van der Waals surface area contributed by atoms with Crippen molar-refractivity contribution in [3.63, 3.8) is 0 Å². The van der Waals surface area contributed by atoms with Crippen LogP contribution >= 0.6 is 23.8 Å². The van der Waals surface area contributed by atoms with Crippen LogP contribution in [-0.2, 0) is 19.6 Å². The van der Waals surface area contributed by atoms with E-state index in [1.807, 2.05) is 28.8 Å². The molecule has 0 atom stereocenters. The first-order valence-corrected chi connectivity index (χ1v) is 6.11. The second-order valence-corrected chi connectivity index (χ2v) is 4.60. The summed E-state index contributed by atoms with van der Waals surface area (Å²) in [5, 5.41) is 9.90. The summed E-state index contributed by atoms with van der Waals surface area (Å²) in [6, 6.07) is 7.75. The number of H-pyrrole nitrogens is 1. The minimum absolute atomic E-state index is 0.0112. The number of hydrogen-bond acceptors (Lipinski definition) is 2. The number of aromatic amines is 1. The van der Waals surface area contributed by atoms with Gasteiger partial charge in [0, 0.05) is 17.8 Å². The molecule has 1 aromatic heterocycles. The predicted octanol–water partition coefficient (Wildman–Crippen LogP) is 2.93. The molecule has 0 radical (unpaired) electrons. The van der Waals surface area contributed by atoms with Gasteiger partial charge in [-0.1, -0.05) is 23.7 Å². The van der Waals surface area contributed by atoms with E-state index in [2.05, 4.69) is 4.98 Å². The van der Waals surface area contributed by atoms with Crippen molar-refractivity contribution in [2.45, 2.75) is 19.6 Å². The number of nitrogens with one attached hydrogen (secondary N) is 1. The monoisotopic (exact) mass is 268 g/mol. The third-order valence-electron chi connectivity index (χ3n) is 2.63. The highest BCUT2D eigenvalue weighted by atomic mass is 35.5. The van der Waals surface area contributed by atoms with Crippen LogP contribution in [0.25, 0.3) is 0 Å². The number of hydrogen-bond donors (Lipinski definition) is 2. The molecule has 90 valence electrons. The molecular weight excluding hydrogens is 256 g/mol. The summed E-state index contributed by atoms with van der Waals surface area (Å²) in [4.78, 5) is 2.93. The van der Waals surface area contributed by atoms with Crippen molar-refractivity contribution in [3.05, 3.63) is 51.5 Å². The van der Waals surface area contributed by atoms with Crippen molar-refractivity contribution in [2.75, 3.05) is 0 Å². The lowest BCUT2D eigenvalue weighted by Gasteiger charge is -2.06. The third-order valence-corrected chi connectivity index (χ3v) is 3.20. The average molecular weight is 269 g/mol. The number of halogens is 1. The fourth-order valence-corrected chi connectivity index (χ4v) is 2.22. The first-order chi connectivity index (χ1) is 8.20. The average Bonchev–Trinajstić information content (AvgIpc) is 2.67. The van der Waals surface area contributed by atoms with Crippen molar-refractivity contribution in [3.8, 4) is 0 Å². The van der Waals surface area contributed by atoms with E-state index in [9.17, 15) is 0 Å². The standard InChI is InChI=1S/C12H13ClN2OS/c13-10-3-1-2-9(6-10)4-5-15-11(8-16)7-14-12(15)17/h1-3,6-7,16H,4-5,8H2,(H,14,17). The Morgan fingerprint density at radius 1 is 1.41 bits per heavy atom. The van der Waals surface area contributed by atoms with Gasteiger partial charge < -0.3 is 14.7 Å². The Bertz CT molecular complexity index is 562. The molecule has 0 aliphatic heterocycles. The van der Waals surface area contributed by atoms with Crippen molar-refractivity contribution in [2.24, 2.45) is 0 Å². The lowest BCUT2D eigenvalue weighted by molar-refractivity contribution is 0.270. The SMILES string of the molecule is OCc1c[nH]c(=S)n1CCc1cccc(Cl)c1. The molecule has 0 amide bonds. The Balaban J connectivity index is 2.12. The van der Waals surface area contributed by atoms with E-state index in [-0.39, 0.29) is 6.61 Å². The van der Waals surface area contributed by atoms with E-state index < -0.39 is 0 Å². The van der Waals surface area contributed by atoms with Gasteiger partial charge >= 0.3 is 0 Å². The molecule has 3 nitrogen and oxygen atoms in total. The molecular formula is C12H13ClN2OS. The van der Waals surface area contributed by atoms with Crippen LogP contribution in [0.3, 0.4) is 0 Å². The third kappa shape index (κ3) is 2.97. The quantitative estimate of drug-likeness (QED) is 0.837. The van der Waals surface area contributed by atoms with Crippen molar-refractivity contribution >= 4 is 23.8 Å². The number of nitrogens with zero attached hydrogens (tertiary/aromatic N) is 1. The molecule has 2 aromatic rings. The maximum atomic E-state index is 9.16. The molecule has 0 aliphatic carbocycles. The van der Waals surface area contributed by atoms with Crippen LogP contribution in [-0.4, -0.2) is 14.7 Å². The summed E-state index contributed by atoms with van der Waals surface area (Å²) in [5.41, 5.74) is 1.96. The van der Waals surface area contributed by atoms with E-state index in [0.29, 0.717) is 4.77 Å². The predicted molar refractivity (Wildman–Crippen MR) is 70.7 cm³/mol. The van der Waals surface area contributed by atoms with Crippen LogP contribution in [0.15, 0.2) is 30.5 Å². The van der Waals surface area contributed by atoms with Gasteiger partial charge in [-0.25, -0.2) is 0 Å². The summed E-state index contributed by atoms with van der Waals surface area (Å²) >= 11 is 11.1. The highest BCUT2D eigenvalue weighted by molar-refractivity contribution is 7.71. The van der Waals surface area contributed by atoms with Crippen LogP contribution in [0.5, 0.6) is 0 Å². The summed E-state index contributed by atoms with van der Waals surface area (Å²) in [6.45, 7) is 0.723. The molecule has 0 spiro atoms. The number of rotatable bonds is 4. The summed E-state index contributed by atoms with van der Waals surface area (Å²) in [5.74, 6) is 0. The van der Waals surface area contributed by atoms with Crippen LogP contribution < -0.4 is 0 Å². The smallest absolute Gasteiger partial charge is 0.177 e. The maximum Gasteiger partial charge on any atom is 0.177 e. The van der Waals surface area contributed by atoms with Gasteiger partial charge in [0.15, 0.2) is 4.77 Å². The van der Waals surface area contributed by atoms with Gasteiger partial charge in [-0.05, 0) is 36.3 Å². The van der Waals surface area contributed by atoms with Crippen LogP contribution in [0.4, 0.5) is 0 Å². The molecule has 0 saturated carbocycles. The Morgan fingerprint density at radius 2 is 2.24 bits per heavy atom. The largest absolute Gasteiger partial charge is 0.390 e. The van der Waals surface area contributed by atoms with Gasteiger partial charge in [0.25, 0.3) is 0 Å². The number of aromatic nitrogens is 2. The Morgan fingerprint density at radius 3 is 2.94 bits per heavy atom. The van der Waals surface area contributed by atoms with E-state index >= 15 is 0 Å². The molecule has 0 fully saturated rings. The van der Waals surface area contributed by atoms with Gasteiger partial charge in [-0.2, -0.15) is 0 Å². The zero-order valence-electron chi connectivity index (χ0n) is 9.19. The highest BCUT2D eigenvalue weighted by Crippen LogP contribution is 2.12. The van der Waals surface area contributed by atoms with Gasteiger partial charge in [0.1, 0.15) is 0 Å². The molecule has 2 N–H and O–H groups in total. The fraction of sp³-hybridized carbons (Fsp3) is 0.250. The minimum Gasteiger partial charge on any atom is -0.390 e. The number of aliphatic hydroxyl groups excluding tert-OH is 1. The van der Waals surface area contributed by atoms with E-state index in [0.717, 1.165) is 29.2 Å². The van der Waals surface area contributed by atoms with E-state index in [4.69, 9.17) is 28.9 Å². The summed E-state index contributed by atoms with van der Waals surface area (Å²) in [7, 11) is 0. The van der Waals surface area contributed by atoms with E-state index in [1.54, 1.807) is 6.20 Å². The molecule has 1 aromatic carbocycles. The molecule has 2 rings (SSSR count). The molecule has 17 heavy (non-hydrogen) atoms. The van der Waals surface area contributed by atoms with Crippen LogP contribution in [0.2, 0.25) is 5.02 Å².